The normalized spacial score (nSPS) is 20.4. The Labute approximate surface area is 109 Å². The number of rotatable bonds is 5. The molecule has 2 unspecified atom stereocenters. The second kappa shape index (κ2) is 6.46. The summed E-state index contributed by atoms with van der Waals surface area (Å²) in [4.78, 5) is 0. The summed E-state index contributed by atoms with van der Waals surface area (Å²) < 4.78 is 0. The van der Waals surface area contributed by atoms with Gasteiger partial charge in [-0.1, -0.05) is 50.1 Å². The molecule has 94 valence electrons. The third kappa shape index (κ3) is 3.75. The van der Waals surface area contributed by atoms with Crippen molar-refractivity contribution in [1.29, 1.82) is 0 Å². The van der Waals surface area contributed by atoms with Gasteiger partial charge in [0.15, 0.2) is 0 Å². The highest BCUT2D eigenvalue weighted by atomic mass is 32.2. The number of hydrogen-bond donors (Lipinski definition) is 1. The van der Waals surface area contributed by atoms with Gasteiger partial charge in [-0.2, -0.15) is 11.8 Å². The van der Waals surface area contributed by atoms with Crippen LogP contribution in [0.2, 0.25) is 0 Å². The molecule has 1 saturated carbocycles. The van der Waals surface area contributed by atoms with E-state index in [9.17, 15) is 0 Å². The predicted octanol–water partition coefficient (Wildman–Crippen LogP) is 4.00. The van der Waals surface area contributed by atoms with Gasteiger partial charge in [-0.25, -0.2) is 0 Å². The van der Waals surface area contributed by atoms with Crippen LogP contribution in [0.4, 0.5) is 0 Å². The second-order valence-corrected chi connectivity index (χ2v) is 6.54. The van der Waals surface area contributed by atoms with Crippen molar-refractivity contribution in [3.8, 4) is 0 Å². The van der Waals surface area contributed by atoms with Crippen molar-refractivity contribution < 1.29 is 0 Å². The molecule has 0 aliphatic heterocycles. The monoisotopic (exact) mass is 249 g/mol. The fraction of sp³-hybridized carbons (Fsp3) is 0.600. The molecule has 1 aliphatic carbocycles. The summed E-state index contributed by atoms with van der Waals surface area (Å²) >= 11 is 2.05. The van der Waals surface area contributed by atoms with Crippen molar-refractivity contribution in [2.75, 3.05) is 5.75 Å². The van der Waals surface area contributed by atoms with E-state index in [4.69, 9.17) is 5.73 Å². The van der Waals surface area contributed by atoms with Crippen LogP contribution in [0.5, 0.6) is 0 Å². The molecule has 0 radical (unpaired) electrons. The van der Waals surface area contributed by atoms with E-state index in [2.05, 4.69) is 43.0 Å². The maximum absolute atomic E-state index is 6.30. The fourth-order valence-electron chi connectivity index (χ4n) is 2.51. The van der Waals surface area contributed by atoms with E-state index in [1.165, 1.54) is 37.0 Å². The molecule has 0 saturated heterocycles. The Morgan fingerprint density at radius 2 is 1.88 bits per heavy atom. The Bertz CT molecular complexity index is 319. The van der Waals surface area contributed by atoms with E-state index in [0.717, 1.165) is 5.92 Å². The van der Waals surface area contributed by atoms with Crippen LogP contribution < -0.4 is 5.73 Å². The zero-order chi connectivity index (χ0) is 12.1. The summed E-state index contributed by atoms with van der Waals surface area (Å²) in [7, 11) is 0. The van der Waals surface area contributed by atoms with Crippen LogP contribution in [-0.4, -0.2) is 11.0 Å². The Kier molecular flexibility index (Phi) is 4.93. The average molecular weight is 249 g/mol. The lowest BCUT2D eigenvalue weighted by Gasteiger charge is -2.21. The standard InChI is InChI=1S/C15H23NS/c1-12(17-11-13-7-5-6-8-13)15(16)14-9-3-2-4-10-14/h2-4,9-10,12-13,15H,5-8,11,16H2,1H3. The third-order valence-electron chi connectivity index (χ3n) is 3.76. The summed E-state index contributed by atoms with van der Waals surface area (Å²) in [6, 6.07) is 10.6. The van der Waals surface area contributed by atoms with Crippen LogP contribution in [0.1, 0.15) is 44.2 Å². The quantitative estimate of drug-likeness (QED) is 0.853. The second-order valence-electron chi connectivity index (χ2n) is 5.13. The van der Waals surface area contributed by atoms with Gasteiger partial charge in [0.1, 0.15) is 0 Å². The molecule has 0 heterocycles. The SMILES string of the molecule is CC(SCC1CCCC1)C(N)c1ccccc1. The fourth-order valence-corrected chi connectivity index (χ4v) is 3.79. The Hall–Kier alpha value is -0.470. The minimum Gasteiger partial charge on any atom is -0.323 e. The molecule has 0 spiro atoms. The molecule has 1 fully saturated rings. The van der Waals surface area contributed by atoms with Gasteiger partial charge in [0, 0.05) is 11.3 Å². The van der Waals surface area contributed by atoms with Crippen molar-refractivity contribution >= 4 is 11.8 Å². The molecular formula is C15H23NS. The number of thioether (sulfide) groups is 1. The van der Waals surface area contributed by atoms with Crippen molar-refractivity contribution in [1.82, 2.24) is 0 Å². The summed E-state index contributed by atoms with van der Waals surface area (Å²) in [5, 5.41) is 0.512. The van der Waals surface area contributed by atoms with E-state index in [0.29, 0.717) is 5.25 Å². The first-order valence-corrected chi connectivity index (χ1v) is 7.74. The maximum Gasteiger partial charge on any atom is 0.0412 e. The highest BCUT2D eigenvalue weighted by Gasteiger charge is 2.19. The van der Waals surface area contributed by atoms with Crippen LogP contribution in [0, 0.1) is 5.92 Å². The van der Waals surface area contributed by atoms with Crippen LogP contribution in [0.25, 0.3) is 0 Å². The van der Waals surface area contributed by atoms with Crippen LogP contribution in [-0.2, 0) is 0 Å². The topological polar surface area (TPSA) is 26.0 Å². The summed E-state index contributed by atoms with van der Waals surface area (Å²) in [6.07, 6.45) is 5.73. The third-order valence-corrected chi connectivity index (χ3v) is 5.24. The number of nitrogens with two attached hydrogens (primary N) is 1. The number of benzene rings is 1. The Morgan fingerprint density at radius 1 is 1.24 bits per heavy atom. The molecule has 1 nitrogen and oxygen atoms in total. The first-order chi connectivity index (χ1) is 8.27. The minimum absolute atomic E-state index is 0.169. The molecule has 1 aromatic carbocycles. The molecule has 1 aromatic rings. The molecular weight excluding hydrogens is 226 g/mol. The lowest BCUT2D eigenvalue weighted by atomic mass is 10.1. The van der Waals surface area contributed by atoms with Crippen LogP contribution >= 0.6 is 11.8 Å². The van der Waals surface area contributed by atoms with Crippen molar-refractivity contribution in [3.05, 3.63) is 35.9 Å². The first kappa shape index (κ1) is 13.0. The summed E-state index contributed by atoms with van der Waals surface area (Å²) in [5.74, 6) is 2.24. The van der Waals surface area contributed by atoms with E-state index in [1.807, 2.05) is 6.07 Å². The largest absolute Gasteiger partial charge is 0.323 e. The molecule has 2 atom stereocenters. The molecule has 17 heavy (non-hydrogen) atoms. The molecule has 2 heteroatoms. The summed E-state index contributed by atoms with van der Waals surface area (Å²) in [5.41, 5.74) is 7.57. The molecule has 2 rings (SSSR count). The van der Waals surface area contributed by atoms with Gasteiger partial charge >= 0.3 is 0 Å². The van der Waals surface area contributed by atoms with Gasteiger partial charge < -0.3 is 5.73 Å². The van der Waals surface area contributed by atoms with Crippen LogP contribution in [0.3, 0.4) is 0 Å². The smallest absolute Gasteiger partial charge is 0.0412 e. The van der Waals surface area contributed by atoms with Crippen LogP contribution in [0.15, 0.2) is 30.3 Å². The lowest BCUT2D eigenvalue weighted by Crippen LogP contribution is -2.22. The van der Waals surface area contributed by atoms with Gasteiger partial charge in [0.05, 0.1) is 0 Å². The highest BCUT2D eigenvalue weighted by molar-refractivity contribution is 7.99. The van der Waals surface area contributed by atoms with Gasteiger partial charge in [-0.3, -0.25) is 0 Å². The molecule has 1 aliphatic rings. The van der Waals surface area contributed by atoms with E-state index < -0.39 is 0 Å². The van der Waals surface area contributed by atoms with E-state index in [1.54, 1.807) is 0 Å². The van der Waals surface area contributed by atoms with Crippen molar-refractivity contribution in [2.45, 2.75) is 43.9 Å². The average Bonchev–Trinajstić information content (AvgIpc) is 2.89. The molecule has 0 bridgehead atoms. The Morgan fingerprint density at radius 3 is 2.53 bits per heavy atom. The van der Waals surface area contributed by atoms with E-state index in [-0.39, 0.29) is 6.04 Å². The van der Waals surface area contributed by atoms with E-state index >= 15 is 0 Å². The molecule has 0 aromatic heterocycles. The van der Waals surface area contributed by atoms with Gasteiger partial charge in [0.2, 0.25) is 0 Å². The van der Waals surface area contributed by atoms with Gasteiger partial charge in [-0.15, -0.1) is 0 Å². The number of hydrogen-bond acceptors (Lipinski definition) is 2. The highest BCUT2D eigenvalue weighted by Crippen LogP contribution is 2.32. The predicted molar refractivity (Wildman–Crippen MR) is 77.2 cm³/mol. The Balaban J connectivity index is 1.80. The zero-order valence-electron chi connectivity index (χ0n) is 10.6. The molecule has 0 amide bonds. The molecule has 2 N–H and O–H groups in total. The van der Waals surface area contributed by atoms with Gasteiger partial charge in [0.25, 0.3) is 0 Å². The summed E-state index contributed by atoms with van der Waals surface area (Å²) in [6.45, 7) is 2.26. The minimum atomic E-state index is 0.169. The van der Waals surface area contributed by atoms with Crippen molar-refractivity contribution in [3.63, 3.8) is 0 Å². The first-order valence-electron chi connectivity index (χ1n) is 6.69. The van der Waals surface area contributed by atoms with Gasteiger partial charge in [-0.05, 0) is 30.1 Å². The zero-order valence-corrected chi connectivity index (χ0v) is 11.5. The lowest BCUT2D eigenvalue weighted by molar-refractivity contribution is 0.618. The maximum atomic E-state index is 6.30. The van der Waals surface area contributed by atoms with Crippen molar-refractivity contribution in [2.24, 2.45) is 11.7 Å².